The molecule has 2 aromatic carbocycles. The number of aromatic carboxylic acids is 2. The second-order valence-corrected chi connectivity index (χ2v) is 4.54. The quantitative estimate of drug-likeness (QED) is 0.783. The zero-order valence-electron chi connectivity index (χ0n) is 11.1. The van der Waals surface area contributed by atoms with Crippen molar-refractivity contribution in [2.45, 2.75) is 6.42 Å². The topological polar surface area (TPSA) is 94.8 Å². The van der Waals surface area contributed by atoms with Crippen molar-refractivity contribution >= 4 is 11.9 Å². The molecule has 108 valence electrons. The van der Waals surface area contributed by atoms with Gasteiger partial charge in [0.2, 0.25) is 0 Å². The van der Waals surface area contributed by atoms with Crippen molar-refractivity contribution < 1.29 is 24.9 Å². The average Bonchev–Trinajstić information content (AvgIpc) is 2.47. The minimum absolute atomic E-state index is 0.0403. The van der Waals surface area contributed by atoms with Gasteiger partial charge in [0.05, 0.1) is 11.1 Å². The Labute approximate surface area is 121 Å². The maximum Gasteiger partial charge on any atom is 0.335 e. The van der Waals surface area contributed by atoms with Gasteiger partial charge in [-0.15, -0.1) is 0 Å². The van der Waals surface area contributed by atoms with Crippen LogP contribution in [-0.2, 0) is 6.42 Å². The van der Waals surface area contributed by atoms with Gasteiger partial charge >= 0.3 is 11.9 Å². The molecule has 0 radical (unpaired) electrons. The van der Waals surface area contributed by atoms with Crippen molar-refractivity contribution in [2.75, 3.05) is 6.61 Å². The van der Waals surface area contributed by atoms with E-state index >= 15 is 0 Å². The van der Waals surface area contributed by atoms with Crippen molar-refractivity contribution in [1.82, 2.24) is 0 Å². The third kappa shape index (κ3) is 3.27. The fourth-order valence-corrected chi connectivity index (χ4v) is 2.17. The zero-order chi connectivity index (χ0) is 15.4. The number of carbonyl (C=O) groups is 2. The molecule has 2 rings (SSSR count). The van der Waals surface area contributed by atoms with Crippen molar-refractivity contribution in [3.63, 3.8) is 0 Å². The van der Waals surface area contributed by atoms with Gasteiger partial charge in [-0.2, -0.15) is 0 Å². The molecular formula is C16H14O5. The van der Waals surface area contributed by atoms with Crippen LogP contribution in [0.25, 0.3) is 11.1 Å². The number of carboxylic acids is 2. The van der Waals surface area contributed by atoms with Crippen molar-refractivity contribution in [1.29, 1.82) is 0 Å². The van der Waals surface area contributed by atoms with Gasteiger partial charge in [-0.05, 0) is 41.3 Å². The number of benzene rings is 2. The van der Waals surface area contributed by atoms with Crippen LogP contribution in [0.15, 0.2) is 42.5 Å². The Morgan fingerprint density at radius 1 is 0.905 bits per heavy atom. The molecule has 0 aliphatic heterocycles. The van der Waals surface area contributed by atoms with E-state index in [1.54, 1.807) is 12.1 Å². The van der Waals surface area contributed by atoms with Crippen LogP contribution in [0.2, 0.25) is 0 Å². The molecular weight excluding hydrogens is 272 g/mol. The molecule has 5 heteroatoms. The molecule has 0 bridgehead atoms. The van der Waals surface area contributed by atoms with Gasteiger partial charge in [-0.3, -0.25) is 0 Å². The third-order valence-electron chi connectivity index (χ3n) is 3.14. The first kappa shape index (κ1) is 14.7. The first-order chi connectivity index (χ1) is 10.0. The Morgan fingerprint density at radius 2 is 1.48 bits per heavy atom. The molecule has 0 aromatic heterocycles. The second-order valence-electron chi connectivity index (χ2n) is 4.54. The molecule has 0 heterocycles. The minimum Gasteiger partial charge on any atom is -0.478 e. The average molecular weight is 286 g/mol. The van der Waals surface area contributed by atoms with E-state index in [0.29, 0.717) is 12.0 Å². The minimum atomic E-state index is -1.18. The molecule has 0 spiro atoms. The Balaban J connectivity index is 2.63. The summed E-state index contributed by atoms with van der Waals surface area (Å²) in [7, 11) is 0. The SMILES string of the molecule is O=C(O)c1cc(C(=O)O)cc(-c2ccccc2CCO)c1. The van der Waals surface area contributed by atoms with Crippen LogP contribution in [0, 0.1) is 0 Å². The molecule has 0 amide bonds. The predicted molar refractivity (Wildman–Crippen MR) is 76.6 cm³/mol. The number of rotatable bonds is 5. The lowest BCUT2D eigenvalue weighted by molar-refractivity contribution is 0.0696. The Bertz CT molecular complexity index is 659. The lowest BCUT2D eigenvalue weighted by Gasteiger charge is -2.10. The van der Waals surface area contributed by atoms with Crippen LogP contribution in [-0.4, -0.2) is 33.9 Å². The fraction of sp³-hybridized carbons (Fsp3) is 0.125. The summed E-state index contributed by atoms with van der Waals surface area (Å²) >= 11 is 0. The maximum absolute atomic E-state index is 11.1. The maximum atomic E-state index is 11.1. The smallest absolute Gasteiger partial charge is 0.335 e. The van der Waals surface area contributed by atoms with Gasteiger partial charge in [0.15, 0.2) is 0 Å². The summed E-state index contributed by atoms with van der Waals surface area (Å²) in [6.45, 7) is -0.0403. The molecule has 0 aliphatic carbocycles. The van der Waals surface area contributed by atoms with E-state index < -0.39 is 11.9 Å². The zero-order valence-corrected chi connectivity index (χ0v) is 11.1. The van der Waals surface area contributed by atoms with Gasteiger partial charge in [0.25, 0.3) is 0 Å². The molecule has 3 N–H and O–H groups in total. The van der Waals surface area contributed by atoms with E-state index in [4.69, 9.17) is 15.3 Å². The van der Waals surface area contributed by atoms with Crippen LogP contribution >= 0.6 is 0 Å². The van der Waals surface area contributed by atoms with Gasteiger partial charge < -0.3 is 15.3 Å². The van der Waals surface area contributed by atoms with Crippen molar-refractivity contribution in [2.24, 2.45) is 0 Å². The van der Waals surface area contributed by atoms with Crippen LogP contribution in [0.1, 0.15) is 26.3 Å². The lowest BCUT2D eigenvalue weighted by Crippen LogP contribution is -2.03. The molecule has 0 fully saturated rings. The molecule has 0 unspecified atom stereocenters. The van der Waals surface area contributed by atoms with E-state index in [-0.39, 0.29) is 17.7 Å². The molecule has 21 heavy (non-hydrogen) atoms. The van der Waals surface area contributed by atoms with E-state index in [1.807, 2.05) is 12.1 Å². The van der Waals surface area contributed by atoms with Crippen LogP contribution < -0.4 is 0 Å². The molecule has 5 nitrogen and oxygen atoms in total. The summed E-state index contributed by atoms with van der Waals surface area (Å²) in [5.41, 5.74) is 1.90. The highest BCUT2D eigenvalue weighted by atomic mass is 16.4. The van der Waals surface area contributed by atoms with Crippen molar-refractivity contribution in [3.8, 4) is 11.1 Å². The highest BCUT2D eigenvalue weighted by molar-refractivity contribution is 5.96. The van der Waals surface area contributed by atoms with E-state index in [1.165, 1.54) is 12.1 Å². The van der Waals surface area contributed by atoms with Gasteiger partial charge in [0.1, 0.15) is 0 Å². The lowest BCUT2D eigenvalue weighted by atomic mass is 9.94. The van der Waals surface area contributed by atoms with Gasteiger partial charge in [0, 0.05) is 6.61 Å². The molecule has 0 atom stereocenters. The highest BCUT2D eigenvalue weighted by Crippen LogP contribution is 2.26. The summed E-state index contributed by atoms with van der Waals surface area (Å²) in [5, 5.41) is 27.3. The summed E-state index contributed by atoms with van der Waals surface area (Å²) in [4.78, 5) is 22.3. The number of hydrogen-bond donors (Lipinski definition) is 3. The summed E-state index contributed by atoms with van der Waals surface area (Å²) in [5.74, 6) is -2.36. The number of carboxylic acid groups (broad SMARTS) is 2. The third-order valence-corrected chi connectivity index (χ3v) is 3.14. The normalized spacial score (nSPS) is 10.3. The number of hydrogen-bond acceptors (Lipinski definition) is 3. The summed E-state index contributed by atoms with van der Waals surface area (Å²) in [6.07, 6.45) is 0.413. The number of aliphatic hydroxyl groups is 1. The van der Waals surface area contributed by atoms with Crippen LogP contribution in [0.4, 0.5) is 0 Å². The molecule has 2 aromatic rings. The fourth-order valence-electron chi connectivity index (χ4n) is 2.17. The largest absolute Gasteiger partial charge is 0.478 e. The van der Waals surface area contributed by atoms with Crippen LogP contribution in [0.5, 0.6) is 0 Å². The van der Waals surface area contributed by atoms with Crippen LogP contribution in [0.3, 0.4) is 0 Å². The molecule has 0 aliphatic rings. The monoisotopic (exact) mass is 286 g/mol. The van der Waals surface area contributed by atoms with Gasteiger partial charge in [-0.1, -0.05) is 24.3 Å². The first-order valence-corrected chi connectivity index (χ1v) is 6.33. The second kappa shape index (κ2) is 6.19. The summed E-state index contributed by atoms with van der Waals surface area (Å²) in [6, 6.07) is 11.2. The standard InChI is InChI=1S/C16H14O5/c17-6-5-10-3-1-2-4-14(10)11-7-12(15(18)19)9-13(8-11)16(20)21/h1-4,7-9,17H,5-6H2,(H,18,19)(H,20,21). The Kier molecular flexibility index (Phi) is 4.35. The van der Waals surface area contributed by atoms with E-state index in [0.717, 1.165) is 17.2 Å². The Morgan fingerprint density at radius 3 is 2.00 bits per heavy atom. The van der Waals surface area contributed by atoms with E-state index in [9.17, 15) is 9.59 Å². The first-order valence-electron chi connectivity index (χ1n) is 6.33. The summed E-state index contributed by atoms with van der Waals surface area (Å²) < 4.78 is 0. The van der Waals surface area contributed by atoms with E-state index in [2.05, 4.69) is 0 Å². The van der Waals surface area contributed by atoms with Crippen molar-refractivity contribution in [3.05, 3.63) is 59.2 Å². The molecule has 0 saturated heterocycles. The predicted octanol–water partition coefficient (Wildman–Crippen LogP) is 2.28. The highest BCUT2D eigenvalue weighted by Gasteiger charge is 2.13. The molecule has 0 saturated carbocycles. The van der Waals surface area contributed by atoms with Gasteiger partial charge in [-0.25, -0.2) is 9.59 Å². The Hall–Kier alpha value is -2.66. The number of aliphatic hydroxyl groups excluding tert-OH is 1.